The van der Waals surface area contributed by atoms with Crippen LogP contribution in [0.4, 0.5) is 13.6 Å². The van der Waals surface area contributed by atoms with E-state index < -0.39 is 41.7 Å². The summed E-state index contributed by atoms with van der Waals surface area (Å²) in [5.74, 6) is -1.95. The Bertz CT molecular complexity index is 879. The third kappa shape index (κ3) is 4.57. The van der Waals surface area contributed by atoms with E-state index in [2.05, 4.69) is 31.4 Å². The van der Waals surface area contributed by atoms with Crippen molar-refractivity contribution in [2.24, 2.45) is 11.3 Å². The number of nitrogens with zero attached hydrogens (tertiary/aromatic N) is 1. The average molecular weight is 436 g/mol. The number of halogens is 2. The zero-order chi connectivity index (χ0) is 23.0. The smallest absolute Gasteiger partial charge is 0.325 e. The van der Waals surface area contributed by atoms with Crippen LogP contribution in [0, 0.1) is 23.0 Å². The van der Waals surface area contributed by atoms with Crippen LogP contribution in [0.2, 0.25) is 0 Å². The van der Waals surface area contributed by atoms with Gasteiger partial charge in [-0.25, -0.2) is 13.6 Å². The summed E-state index contributed by atoms with van der Waals surface area (Å²) in [6, 6.07) is 1.80. The number of rotatable bonds is 6. The van der Waals surface area contributed by atoms with Gasteiger partial charge in [0.25, 0.3) is 5.91 Å². The first-order valence-electron chi connectivity index (χ1n) is 10.9. The monoisotopic (exact) mass is 435 g/mol. The van der Waals surface area contributed by atoms with E-state index in [0.29, 0.717) is 18.8 Å². The van der Waals surface area contributed by atoms with Gasteiger partial charge in [0.2, 0.25) is 5.91 Å². The summed E-state index contributed by atoms with van der Waals surface area (Å²) in [7, 11) is 0. The van der Waals surface area contributed by atoms with Crippen molar-refractivity contribution in [3.63, 3.8) is 0 Å². The lowest BCUT2D eigenvalue weighted by Crippen LogP contribution is -2.51. The number of urea groups is 1. The maximum absolute atomic E-state index is 13.9. The third-order valence-electron chi connectivity index (χ3n) is 7.21. The third-order valence-corrected chi connectivity index (χ3v) is 7.21. The predicted molar refractivity (Wildman–Crippen MR) is 112 cm³/mol. The van der Waals surface area contributed by atoms with Crippen LogP contribution < -0.4 is 10.6 Å². The van der Waals surface area contributed by atoms with Gasteiger partial charge in [-0.2, -0.15) is 0 Å². The number of benzene rings is 1. The highest BCUT2D eigenvalue weighted by atomic mass is 19.1. The molecule has 0 aromatic heterocycles. The van der Waals surface area contributed by atoms with Crippen molar-refractivity contribution in [2.45, 2.75) is 71.4 Å². The molecule has 2 fully saturated rings. The molecule has 0 bridgehead atoms. The fourth-order valence-corrected chi connectivity index (χ4v) is 4.70. The Labute approximate surface area is 181 Å². The van der Waals surface area contributed by atoms with Crippen LogP contribution in [0.15, 0.2) is 18.2 Å². The van der Waals surface area contributed by atoms with E-state index in [0.717, 1.165) is 36.3 Å². The Kier molecular flexibility index (Phi) is 6.39. The second kappa shape index (κ2) is 8.55. The molecule has 6 nitrogen and oxygen atoms in total. The van der Waals surface area contributed by atoms with Gasteiger partial charge >= 0.3 is 6.03 Å². The minimum Gasteiger partial charge on any atom is -0.348 e. The standard InChI is InChI=1S/C23H31F2N3O3/c1-5-22(3,4)15-8-10-23(11-9-15)20(30)28(21(31)27-23)13-19(29)26-14(2)17-7-6-16(24)12-18(17)25/h6-7,12,14-15H,5,8-11,13H2,1-4H3,(H,26,29)(H,27,31). The Hall–Kier alpha value is -2.51. The number of hydrogen-bond acceptors (Lipinski definition) is 3. The fourth-order valence-electron chi connectivity index (χ4n) is 4.70. The quantitative estimate of drug-likeness (QED) is 0.662. The Morgan fingerprint density at radius 2 is 1.94 bits per heavy atom. The van der Waals surface area contributed by atoms with Crippen LogP contribution in [0.1, 0.15) is 71.4 Å². The first-order chi connectivity index (χ1) is 14.5. The van der Waals surface area contributed by atoms with Crippen LogP contribution >= 0.6 is 0 Å². The van der Waals surface area contributed by atoms with Crippen LogP contribution in [0.25, 0.3) is 0 Å². The zero-order valence-electron chi connectivity index (χ0n) is 18.6. The van der Waals surface area contributed by atoms with Gasteiger partial charge in [0.05, 0.1) is 6.04 Å². The summed E-state index contributed by atoms with van der Waals surface area (Å²) in [4.78, 5) is 39.0. The van der Waals surface area contributed by atoms with Gasteiger partial charge in [0.15, 0.2) is 0 Å². The Morgan fingerprint density at radius 3 is 2.52 bits per heavy atom. The van der Waals surface area contributed by atoms with Gasteiger partial charge in [-0.3, -0.25) is 14.5 Å². The highest BCUT2D eigenvalue weighted by molar-refractivity contribution is 6.09. The number of amides is 4. The largest absolute Gasteiger partial charge is 0.348 e. The first kappa shape index (κ1) is 23.2. The highest BCUT2D eigenvalue weighted by Crippen LogP contribution is 2.45. The van der Waals surface area contributed by atoms with E-state index in [1.807, 2.05) is 0 Å². The summed E-state index contributed by atoms with van der Waals surface area (Å²) in [5.41, 5.74) is -0.634. The molecule has 8 heteroatoms. The van der Waals surface area contributed by atoms with E-state index in [1.165, 1.54) is 6.07 Å². The van der Waals surface area contributed by atoms with Crippen LogP contribution in [-0.4, -0.2) is 34.8 Å². The van der Waals surface area contributed by atoms with E-state index >= 15 is 0 Å². The second-order valence-corrected chi connectivity index (χ2v) is 9.48. The lowest BCUT2D eigenvalue weighted by atomic mass is 9.65. The van der Waals surface area contributed by atoms with Crippen molar-refractivity contribution in [1.29, 1.82) is 0 Å². The molecule has 170 valence electrons. The van der Waals surface area contributed by atoms with Gasteiger partial charge in [-0.1, -0.05) is 33.3 Å². The SMILES string of the molecule is CCC(C)(C)C1CCC2(CC1)NC(=O)N(CC(=O)NC(C)c1ccc(F)cc1F)C2=O. The molecule has 3 rings (SSSR count). The van der Waals surface area contributed by atoms with Gasteiger partial charge in [-0.05, 0) is 50.0 Å². The molecule has 1 aromatic rings. The molecule has 4 amide bonds. The summed E-state index contributed by atoms with van der Waals surface area (Å²) in [5, 5.41) is 5.40. The number of hydrogen-bond donors (Lipinski definition) is 2. The van der Waals surface area contributed by atoms with E-state index in [4.69, 9.17) is 0 Å². The lowest BCUT2D eigenvalue weighted by Gasteiger charge is -2.42. The fraction of sp³-hybridized carbons (Fsp3) is 0.609. The molecule has 1 aliphatic heterocycles. The molecule has 1 heterocycles. The first-order valence-corrected chi connectivity index (χ1v) is 10.9. The Morgan fingerprint density at radius 1 is 1.29 bits per heavy atom. The molecule has 1 aromatic carbocycles. The van der Waals surface area contributed by atoms with Crippen LogP contribution in [0.3, 0.4) is 0 Å². The topological polar surface area (TPSA) is 78.5 Å². The molecule has 1 saturated heterocycles. The van der Waals surface area contributed by atoms with Crippen LogP contribution in [-0.2, 0) is 9.59 Å². The maximum atomic E-state index is 13.9. The number of carbonyl (C=O) groups excluding carboxylic acids is 3. The minimum atomic E-state index is -0.938. The molecule has 2 N–H and O–H groups in total. The molecule has 1 atom stereocenters. The molecule has 0 radical (unpaired) electrons. The maximum Gasteiger partial charge on any atom is 0.325 e. The average Bonchev–Trinajstić information content (AvgIpc) is 2.92. The molecular weight excluding hydrogens is 404 g/mol. The lowest BCUT2D eigenvalue weighted by molar-refractivity contribution is -0.136. The van der Waals surface area contributed by atoms with Crippen molar-refractivity contribution < 1.29 is 23.2 Å². The van der Waals surface area contributed by atoms with Crippen molar-refractivity contribution in [1.82, 2.24) is 15.5 Å². The van der Waals surface area contributed by atoms with Gasteiger partial charge in [-0.15, -0.1) is 0 Å². The molecule has 2 aliphatic rings. The number of imide groups is 1. The summed E-state index contributed by atoms with van der Waals surface area (Å²) < 4.78 is 27.0. The van der Waals surface area contributed by atoms with Gasteiger partial charge in [0.1, 0.15) is 23.7 Å². The number of carbonyl (C=O) groups is 3. The molecule has 1 spiro atoms. The Balaban J connectivity index is 1.62. The van der Waals surface area contributed by atoms with Gasteiger partial charge < -0.3 is 10.6 Å². The van der Waals surface area contributed by atoms with Crippen molar-refractivity contribution >= 4 is 17.8 Å². The molecule has 31 heavy (non-hydrogen) atoms. The highest BCUT2D eigenvalue weighted by Gasteiger charge is 2.53. The van der Waals surface area contributed by atoms with Gasteiger partial charge in [0, 0.05) is 11.6 Å². The normalized spacial score (nSPS) is 25.0. The van der Waals surface area contributed by atoms with E-state index in [9.17, 15) is 23.2 Å². The zero-order valence-corrected chi connectivity index (χ0v) is 18.6. The minimum absolute atomic E-state index is 0.125. The predicted octanol–water partition coefficient (Wildman–Crippen LogP) is 4.06. The van der Waals surface area contributed by atoms with Crippen molar-refractivity contribution in [2.75, 3.05) is 6.54 Å². The van der Waals surface area contributed by atoms with E-state index in [1.54, 1.807) is 6.92 Å². The molecule has 1 aliphatic carbocycles. The van der Waals surface area contributed by atoms with E-state index in [-0.39, 0.29) is 16.9 Å². The van der Waals surface area contributed by atoms with Crippen molar-refractivity contribution in [3.8, 4) is 0 Å². The summed E-state index contributed by atoms with van der Waals surface area (Å²) in [6.07, 6.45) is 3.84. The number of nitrogens with one attached hydrogen (secondary N) is 2. The summed E-state index contributed by atoms with van der Waals surface area (Å²) in [6.45, 7) is 7.73. The van der Waals surface area contributed by atoms with Crippen molar-refractivity contribution in [3.05, 3.63) is 35.4 Å². The molecule has 1 unspecified atom stereocenters. The molecule has 1 saturated carbocycles. The molecular formula is C23H31F2N3O3. The van der Waals surface area contributed by atoms with Crippen LogP contribution in [0.5, 0.6) is 0 Å². The second-order valence-electron chi connectivity index (χ2n) is 9.48. The summed E-state index contributed by atoms with van der Waals surface area (Å²) >= 11 is 0.